The lowest BCUT2D eigenvalue weighted by atomic mass is 9.48. The van der Waals surface area contributed by atoms with Gasteiger partial charge in [0.2, 0.25) is 5.91 Å². The molecule has 4 fully saturated rings. The molecule has 0 aromatic heterocycles. The highest BCUT2D eigenvalue weighted by Crippen LogP contribution is 2.60. The summed E-state index contributed by atoms with van der Waals surface area (Å²) in [4.78, 5) is 24.8. The molecule has 1 aromatic rings. The number of benzene rings is 1. The molecular formula is C20H25NO3S. The predicted molar refractivity (Wildman–Crippen MR) is 97.6 cm³/mol. The Kier molecular flexibility index (Phi) is 4.30. The van der Waals surface area contributed by atoms with Crippen molar-refractivity contribution in [2.45, 2.75) is 50.3 Å². The molecule has 4 saturated carbocycles. The minimum Gasteiger partial charge on any atom is -0.326 e. The molecule has 4 nitrogen and oxygen atoms in total. The van der Waals surface area contributed by atoms with E-state index in [1.54, 1.807) is 24.3 Å². The molecular weight excluding hydrogens is 334 g/mol. The zero-order chi connectivity index (χ0) is 17.6. The van der Waals surface area contributed by atoms with Crippen molar-refractivity contribution in [1.29, 1.82) is 0 Å². The Morgan fingerprint density at radius 1 is 1.04 bits per heavy atom. The van der Waals surface area contributed by atoms with Crippen LogP contribution in [0, 0.1) is 23.2 Å². The summed E-state index contributed by atoms with van der Waals surface area (Å²) in [6.07, 6.45) is 6.99. The van der Waals surface area contributed by atoms with Crippen molar-refractivity contribution in [3.8, 4) is 0 Å². The Labute approximate surface area is 151 Å². The molecule has 0 heterocycles. The fourth-order valence-corrected chi connectivity index (χ4v) is 6.85. The lowest BCUT2D eigenvalue weighted by Crippen LogP contribution is -2.51. The van der Waals surface area contributed by atoms with Crippen LogP contribution in [0.25, 0.3) is 0 Å². The first kappa shape index (κ1) is 17.0. The van der Waals surface area contributed by atoms with Crippen LogP contribution in [-0.2, 0) is 20.4 Å². The summed E-state index contributed by atoms with van der Waals surface area (Å²) in [5.74, 6) is 2.38. The van der Waals surface area contributed by atoms with E-state index in [1.165, 1.54) is 26.2 Å². The van der Waals surface area contributed by atoms with E-state index in [0.29, 0.717) is 10.6 Å². The van der Waals surface area contributed by atoms with Gasteiger partial charge in [-0.3, -0.25) is 13.8 Å². The van der Waals surface area contributed by atoms with Crippen molar-refractivity contribution in [3.05, 3.63) is 24.3 Å². The second-order valence-electron chi connectivity index (χ2n) is 8.32. The van der Waals surface area contributed by atoms with Gasteiger partial charge in [-0.05, 0) is 80.5 Å². The average molecular weight is 359 g/mol. The van der Waals surface area contributed by atoms with Crippen molar-refractivity contribution >= 4 is 28.2 Å². The van der Waals surface area contributed by atoms with Crippen molar-refractivity contribution in [1.82, 2.24) is 0 Å². The molecule has 4 aliphatic rings. The highest BCUT2D eigenvalue weighted by molar-refractivity contribution is 7.85. The van der Waals surface area contributed by atoms with Gasteiger partial charge in [0.15, 0.2) is 5.78 Å². The van der Waals surface area contributed by atoms with Gasteiger partial charge in [-0.1, -0.05) is 0 Å². The molecule has 134 valence electrons. The summed E-state index contributed by atoms with van der Waals surface area (Å²) in [6, 6.07) is 6.97. The van der Waals surface area contributed by atoms with Crippen LogP contribution in [-0.4, -0.2) is 21.7 Å². The molecule has 0 saturated heterocycles. The molecule has 1 N–H and O–H groups in total. The molecule has 25 heavy (non-hydrogen) atoms. The Balaban J connectivity index is 1.44. The summed E-state index contributed by atoms with van der Waals surface area (Å²) in [7, 11) is -1.31. The fourth-order valence-electron chi connectivity index (χ4n) is 5.70. The molecule has 1 atom stereocenters. The van der Waals surface area contributed by atoms with E-state index in [9.17, 15) is 13.8 Å². The Morgan fingerprint density at radius 3 is 2.04 bits per heavy atom. The molecule has 1 amide bonds. The van der Waals surface area contributed by atoms with E-state index in [2.05, 4.69) is 5.32 Å². The van der Waals surface area contributed by atoms with Crippen molar-refractivity contribution in [2.24, 2.45) is 23.2 Å². The maximum absolute atomic E-state index is 13.0. The molecule has 1 unspecified atom stereocenters. The molecule has 4 aliphatic carbocycles. The molecule has 5 heteroatoms. The minimum atomic E-state index is -1.31. The average Bonchev–Trinajstić information content (AvgIpc) is 2.53. The van der Waals surface area contributed by atoms with E-state index in [1.807, 2.05) is 0 Å². The first-order valence-electron chi connectivity index (χ1n) is 9.23. The van der Waals surface area contributed by atoms with Gasteiger partial charge in [0.25, 0.3) is 0 Å². The van der Waals surface area contributed by atoms with Crippen molar-refractivity contribution < 1.29 is 13.8 Å². The van der Waals surface area contributed by atoms with Gasteiger partial charge in [0.1, 0.15) is 0 Å². The highest BCUT2D eigenvalue weighted by Gasteiger charge is 2.54. The third-order valence-electron chi connectivity index (χ3n) is 6.33. The molecule has 0 aliphatic heterocycles. The van der Waals surface area contributed by atoms with E-state index in [4.69, 9.17) is 0 Å². The number of ketones is 1. The number of rotatable bonds is 5. The molecule has 0 radical (unpaired) electrons. The fraction of sp³-hybridized carbons (Fsp3) is 0.600. The Bertz CT molecular complexity index is 690. The number of anilines is 1. The summed E-state index contributed by atoms with van der Waals surface area (Å²) in [5.41, 5.74) is 0.501. The zero-order valence-corrected chi connectivity index (χ0v) is 15.4. The molecule has 1 aromatic carbocycles. The summed E-state index contributed by atoms with van der Waals surface area (Å²) >= 11 is 0. The quantitative estimate of drug-likeness (QED) is 0.875. The molecule has 5 rings (SSSR count). The van der Waals surface area contributed by atoms with Gasteiger partial charge in [-0.25, -0.2) is 0 Å². The van der Waals surface area contributed by atoms with Crippen LogP contribution in [0.5, 0.6) is 0 Å². The first-order valence-corrected chi connectivity index (χ1v) is 10.5. The topological polar surface area (TPSA) is 63.2 Å². The molecule has 4 bridgehead atoms. The van der Waals surface area contributed by atoms with Crippen LogP contribution >= 0.6 is 0 Å². The normalized spacial score (nSPS) is 33.9. The number of carbonyl (C=O) groups excluding carboxylic acids is 2. The predicted octanol–water partition coefficient (Wildman–Crippen LogP) is 3.54. The number of carbonyl (C=O) groups is 2. The number of nitrogens with one attached hydrogen (secondary N) is 1. The van der Waals surface area contributed by atoms with E-state index in [-0.39, 0.29) is 22.9 Å². The van der Waals surface area contributed by atoms with Gasteiger partial charge >= 0.3 is 0 Å². The molecule has 0 spiro atoms. The number of amides is 1. The maximum Gasteiger partial charge on any atom is 0.221 e. The van der Waals surface area contributed by atoms with Crippen LogP contribution in [0.15, 0.2) is 29.2 Å². The monoisotopic (exact) mass is 359 g/mol. The van der Waals surface area contributed by atoms with Crippen LogP contribution in [0.2, 0.25) is 0 Å². The van der Waals surface area contributed by atoms with E-state index in [0.717, 1.165) is 37.0 Å². The van der Waals surface area contributed by atoms with Gasteiger partial charge < -0.3 is 5.32 Å². The van der Waals surface area contributed by atoms with Crippen LogP contribution in [0.3, 0.4) is 0 Å². The lowest BCUT2D eigenvalue weighted by Gasteiger charge is -2.55. The SMILES string of the molecule is CC(=O)Nc1ccc(S(=O)CC(=O)C23CC4CC(CC(C4)C2)C3)cc1. The van der Waals surface area contributed by atoms with Crippen LogP contribution in [0.4, 0.5) is 5.69 Å². The number of Topliss-reactive ketones (excluding diaryl/α,β-unsaturated/α-hetero) is 1. The summed E-state index contributed by atoms with van der Waals surface area (Å²) < 4.78 is 12.7. The van der Waals surface area contributed by atoms with Crippen LogP contribution < -0.4 is 5.32 Å². The highest BCUT2D eigenvalue weighted by atomic mass is 32.2. The zero-order valence-electron chi connectivity index (χ0n) is 14.6. The number of hydrogen-bond donors (Lipinski definition) is 1. The third-order valence-corrected chi connectivity index (χ3v) is 7.65. The van der Waals surface area contributed by atoms with Crippen molar-refractivity contribution in [2.75, 3.05) is 11.1 Å². The second kappa shape index (κ2) is 6.35. The standard InChI is InChI=1S/C20H25NO3S/c1-13(22)21-17-2-4-18(5-3-17)25(24)12-19(23)20-9-14-6-15(10-20)8-16(7-14)11-20/h2-5,14-16H,6-12H2,1H3,(H,21,22). The van der Waals surface area contributed by atoms with Gasteiger partial charge in [-0.15, -0.1) is 0 Å². The van der Waals surface area contributed by atoms with Gasteiger partial charge in [0.05, 0.1) is 16.6 Å². The Morgan fingerprint density at radius 2 is 1.56 bits per heavy atom. The summed E-state index contributed by atoms with van der Waals surface area (Å²) in [5, 5.41) is 2.70. The van der Waals surface area contributed by atoms with E-state index < -0.39 is 10.8 Å². The largest absolute Gasteiger partial charge is 0.326 e. The van der Waals surface area contributed by atoms with E-state index >= 15 is 0 Å². The minimum absolute atomic E-state index is 0.131. The van der Waals surface area contributed by atoms with Crippen LogP contribution in [0.1, 0.15) is 45.4 Å². The number of hydrogen-bond acceptors (Lipinski definition) is 3. The summed E-state index contributed by atoms with van der Waals surface area (Å²) in [6.45, 7) is 1.45. The Hall–Kier alpha value is -1.49. The van der Waals surface area contributed by atoms with Gasteiger partial charge in [0, 0.05) is 22.9 Å². The van der Waals surface area contributed by atoms with Gasteiger partial charge in [-0.2, -0.15) is 0 Å². The first-order chi connectivity index (χ1) is 11.9. The van der Waals surface area contributed by atoms with Crippen molar-refractivity contribution in [3.63, 3.8) is 0 Å². The second-order valence-corrected chi connectivity index (χ2v) is 9.77. The third kappa shape index (κ3) is 3.31. The lowest BCUT2D eigenvalue weighted by molar-refractivity contribution is -0.141. The maximum atomic E-state index is 13.0. The smallest absolute Gasteiger partial charge is 0.221 e.